The van der Waals surface area contributed by atoms with E-state index in [4.69, 9.17) is 17.7 Å². The fraction of sp³-hybridized carbons (Fsp3) is 0.118. The number of imidazole rings is 1. The molecule has 0 aliphatic heterocycles. The molecule has 0 amide bonds. The molecule has 2 aromatic carbocycles. The van der Waals surface area contributed by atoms with Crippen molar-refractivity contribution in [1.82, 2.24) is 9.13 Å². The average molecular weight is 413 g/mol. The van der Waals surface area contributed by atoms with Gasteiger partial charge < -0.3 is 9.30 Å². The molecular formula is C17H13BrClFN2O2. The molecule has 0 saturated heterocycles. The monoisotopic (exact) mass is 411 g/mol. The lowest BCUT2D eigenvalue weighted by molar-refractivity contribution is 0.412. The molecule has 4 nitrogen and oxygen atoms in total. The zero-order valence-electron chi connectivity index (χ0n) is 13.6. The van der Waals surface area contributed by atoms with Crippen molar-refractivity contribution >= 4 is 27.5 Å². The van der Waals surface area contributed by atoms with Crippen molar-refractivity contribution in [3.63, 3.8) is 0 Å². The van der Waals surface area contributed by atoms with Gasteiger partial charge >= 0.3 is 5.69 Å². The van der Waals surface area contributed by atoms with E-state index in [1.807, 2.05) is 0 Å². The van der Waals surface area contributed by atoms with Crippen LogP contribution in [0.5, 0.6) is 5.75 Å². The minimum absolute atomic E-state index is 0.171. The summed E-state index contributed by atoms with van der Waals surface area (Å²) in [5, 5.41) is 0.324. The van der Waals surface area contributed by atoms with Crippen LogP contribution in [-0.4, -0.2) is 16.2 Å². The van der Waals surface area contributed by atoms with E-state index in [0.717, 1.165) is 0 Å². The molecule has 0 N–H and O–H groups in total. The van der Waals surface area contributed by atoms with Crippen molar-refractivity contribution in [2.45, 2.75) is 0 Å². The maximum Gasteiger partial charge on any atom is 0.332 e. The third-order valence-electron chi connectivity index (χ3n) is 3.58. The van der Waals surface area contributed by atoms with Gasteiger partial charge in [0, 0.05) is 26.4 Å². The van der Waals surface area contributed by atoms with E-state index in [2.05, 4.69) is 15.9 Å². The minimum Gasteiger partial charge on any atom is -0.495 e. The number of benzene rings is 2. The summed E-state index contributed by atoms with van der Waals surface area (Å²) >= 11 is 9.63. The largest absolute Gasteiger partial charge is 0.495 e. The summed E-state index contributed by atoms with van der Waals surface area (Å²) in [6.07, 6.45) is 3.07. The van der Waals surface area contributed by atoms with Crippen molar-refractivity contribution in [2.24, 2.45) is 7.02 Å². The highest BCUT2D eigenvalue weighted by Gasteiger charge is 2.14. The van der Waals surface area contributed by atoms with Crippen LogP contribution < -0.4 is 10.4 Å². The second-order valence-electron chi connectivity index (χ2n) is 5.06. The van der Waals surface area contributed by atoms with E-state index < -0.39 is 5.82 Å². The lowest BCUT2D eigenvalue weighted by Gasteiger charge is -2.13. The van der Waals surface area contributed by atoms with E-state index in [0.29, 0.717) is 32.1 Å². The Labute approximate surface area is 152 Å². The van der Waals surface area contributed by atoms with E-state index in [1.165, 1.54) is 34.6 Å². The molecule has 1 heterocycles. The molecular weight excluding hydrogens is 399 g/mol. The van der Waals surface area contributed by atoms with Gasteiger partial charge in [-0.15, -0.1) is 0 Å². The second kappa shape index (κ2) is 6.45. The van der Waals surface area contributed by atoms with Crippen LogP contribution in [0.25, 0.3) is 16.8 Å². The highest BCUT2D eigenvalue weighted by molar-refractivity contribution is 9.10. The Kier molecular flexibility index (Phi) is 4.16. The van der Waals surface area contributed by atoms with Crippen LogP contribution in [0.4, 0.5) is 4.39 Å². The molecule has 3 rings (SSSR count). The number of ether oxygens (including phenoxy) is 1. The summed E-state index contributed by atoms with van der Waals surface area (Å²) in [4.78, 5) is 12.2. The Bertz CT molecular complexity index is 1000. The molecule has 0 bridgehead atoms. The fourth-order valence-electron chi connectivity index (χ4n) is 2.45. The number of halogens is 3. The van der Waals surface area contributed by atoms with Gasteiger partial charge in [-0.1, -0.05) is 17.7 Å². The van der Waals surface area contributed by atoms with Crippen molar-refractivity contribution in [2.75, 3.05) is 7.11 Å². The second-order valence-corrected chi connectivity index (χ2v) is 6.32. The van der Waals surface area contributed by atoms with Crippen LogP contribution in [0.2, 0.25) is 5.02 Å². The summed E-state index contributed by atoms with van der Waals surface area (Å²) in [5.74, 6) is 0.0781. The molecule has 0 aliphatic carbocycles. The zero-order chi connectivity index (χ0) is 18.1. The summed E-state index contributed by atoms with van der Waals surface area (Å²) in [7, 11) is 1.33. The van der Waals surface area contributed by atoms with Crippen LogP contribution >= 0.6 is 27.5 Å². The molecule has 1 aromatic heterocycles. The maximum absolute atomic E-state index is 13.8. The molecule has 0 atom stereocenters. The van der Waals surface area contributed by atoms with Crippen LogP contribution in [0.3, 0.4) is 0 Å². The molecule has 24 heavy (non-hydrogen) atoms. The number of aryl methyl sites for hydroxylation is 1. The molecule has 3 aromatic rings. The first-order chi connectivity index (χ1) is 12.0. The Hall–Kier alpha value is -2.05. The van der Waals surface area contributed by atoms with Gasteiger partial charge in [-0.3, -0.25) is 4.57 Å². The van der Waals surface area contributed by atoms with Crippen molar-refractivity contribution in [1.29, 1.82) is 0 Å². The van der Waals surface area contributed by atoms with Gasteiger partial charge in [-0.05, 0) is 45.8 Å². The van der Waals surface area contributed by atoms with Crippen LogP contribution in [-0.2, 0) is 7.02 Å². The number of rotatable bonds is 3. The number of methoxy groups -OCH3 is 1. The van der Waals surface area contributed by atoms with Gasteiger partial charge in [0.15, 0.2) is 0 Å². The number of aromatic nitrogens is 2. The smallest absolute Gasteiger partial charge is 0.332 e. The Morgan fingerprint density at radius 3 is 2.71 bits per heavy atom. The maximum atomic E-state index is 13.8. The molecule has 0 saturated carbocycles. The van der Waals surface area contributed by atoms with E-state index >= 15 is 0 Å². The first-order valence-electron chi connectivity index (χ1n) is 7.57. The van der Waals surface area contributed by atoms with Crippen LogP contribution in [0.1, 0.15) is 1.37 Å². The van der Waals surface area contributed by atoms with Crippen molar-refractivity contribution in [3.8, 4) is 22.6 Å². The third-order valence-corrected chi connectivity index (χ3v) is 4.47. The van der Waals surface area contributed by atoms with Crippen LogP contribution in [0, 0.1) is 5.82 Å². The van der Waals surface area contributed by atoms with E-state index in [-0.39, 0.29) is 12.7 Å². The lowest BCUT2D eigenvalue weighted by Crippen LogP contribution is -2.20. The number of hydrogen-bond donors (Lipinski definition) is 0. The summed E-state index contributed by atoms with van der Waals surface area (Å²) in [6, 6.07) is 7.73. The van der Waals surface area contributed by atoms with Gasteiger partial charge in [-0.2, -0.15) is 0 Å². The van der Waals surface area contributed by atoms with Crippen LogP contribution in [0.15, 0.2) is 52.0 Å². The SMILES string of the molecule is [2H]Cn1ccn(-c2ccc(-c3cc(F)cc(Br)c3OC)cc2Cl)c1=O. The highest BCUT2D eigenvalue weighted by Crippen LogP contribution is 2.38. The minimum atomic E-state index is -0.411. The van der Waals surface area contributed by atoms with Gasteiger partial charge in [0.2, 0.25) is 0 Å². The van der Waals surface area contributed by atoms with Crippen molar-refractivity contribution in [3.05, 3.63) is 68.5 Å². The van der Waals surface area contributed by atoms with Gasteiger partial charge in [0.25, 0.3) is 0 Å². The number of hydrogen-bond acceptors (Lipinski definition) is 2. The third kappa shape index (κ3) is 2.87. The predicted molar refractivity (Wildman–Crippen MR) is 95.7 cm³/mol. The van der Waals surface area contributed by atoms with E-state index in [9.17, 15) is 9.18 Å². The standard InChI is InChI=1S/C17H13BrClFN2O2/c1-21-5-6-22(17(21)23)15-4-3-10(7-14(15)19)12-8-11(20)9-13(18)16(12)24-2/h3-9H,1-2H3/i1D. The van der Waals surface area contributed by atoms with Gasteiger partial charge in [0.1, 0.15) is 11.6 Å². The number of nitrogens with zero attached hydrogens (tertiary/aromatic N) is 2. The Balaban J connectivity index is 2.12. The normalized spacial score (nSPS) is 11.4. The molecule has 0 fully saturated rings. The first kappa shape index (κ1) is 15.5. The zero-order valence-corrected chi connectivity index (χ0v) is 14.9. The topological polar surface area (TPSA) is 36.2 Å². The molecule has 0 aliphatic rings. The molecule has 124 valence electrons. The predicted octanol–water partition coefficient (Wildman–Crippen LogP) is 4.41. The summed E-state index contributed by atoms with van der Waals surface area (Å²) in [6.45, 7) is 0. The summed E-state index contributed by atoms with van der Waals surface area (Å²) in [5.41, 5.74) is 1.32. The van der Waals surface area contributed by atoms with Gasteiger partial charge in [-0.25, -0.2) is 9.18 Å². The Morgan fingerprint density at radius 1 is 1.29 bits per heavy atom. The molecule has 0 spiro atoms. The fourth-order valence-corrected chi connectivity index (χ4v) is 3.31. The molecule has 7 heteroatoms. The van der Waals surface area contributed by atoms with Crippen molar-refractivity contribution < 1.29 is 10.5 Å². The quantitative estimate of drug-likeness (QED) is 0.639. The van der Waals surface area contributed by atoms with Gasteiger partial charge in [0.05, 0.1) is 22.3 Å². The highest BCUT2D eigenvalue weighted by atomic mass is 79.9. The summed E-state index contributed by atoms with van der Waals surface area (Å²) < 4.78 is 29.5. The van der Waals surface area contributed by atoms with E-state index in [1.54, 1.807) is 24.4 Å². The average Bonchev–Trinajstić information content (AvgIpc) is 2.94. The first-order valence-corrected chi connectivity index (χ1v) is 8.03. The lowest BCUT2D eigenvalue weighted by atomic mass is 10.0. The molecule has 0 radical (unpaired) electrons. The molecule has 0 unspecified atom stereocenters. The Morgan fingerprint density at radius 2 is 2.08 bits per heavy atom.